The summed E-state index contributed by atoms with van der Waals surface area (Å²) in [5, 5.41) is 1.12. The number of carbonyl (C=O) groups excluding carboxylic acids is 1. The lowest BCUT2D eigenvalue weighted by atomic mass is 10.1. The van der Waals surface area contributed by atoms with Crippen LogP contribution < -0.4 is 9.64 Å². The number of rotatable bonds is 5. The lowest BCUT2D eigenvalue weighted by Gasteiger charge is -2.35. The van der Waals surface area contributed by atoms with Gasteiger partial charge in [-0.25, -0.2) is 9.97 Å². The topological polar surface area (TPSA) is 58.6 Å². The number of para-hydroxylation sites is 1. The Labute approximate surface area is 175 Å². The summed E-state index contributed by atoms with van der Waals surface area (Å²) < 4.78 is 5.84. The zero-order chi connectivity index (χ0) is 20.4. The summed E-state index contributed by atoms with van der Waals surface area (Å²) in [6, 6.07) is 8.20. The Kier molecular flexibility index (Phi) is 5.67. The number of carbonyl (C=O) groups is 1. The minimum absolute atomic E-state index is 0.0314. The van der Waals surface area contributed by atoms with E-state index < -0.39 is 0 Å². The fourth-order valence-electron chi connectivity index (χ4n) is 3.74. The summed E-state index contributed by atoms with van der Waals surface area (Å²) in [7, 11) is 0. The van der Waals surface area contributed by atoms with Gasteiger partial charge in [0.1, 0.15) is 22.7 Å². The molecule has 0 radical (unpaired) electrons. The van der Waals surface area contributed by atoms with Gasteiger partial charge in [-0.3, -0.25) is 4.79 Å². The van der Waals surface area contributed by atoms with E-state index in [1.165, 1.54) is 4.88 Å². The summed E-state index contributed by atoms with van der Waals surface area (Å²) in [5.74, 6) is 1.82. The largest absolute Gasteiger partial charge is 0.483 e. The second-order valence-corrected chi connectivity index (χ2v) is 8.48. The van der Waals surface area contributed by atoms with Crippen LogP contribution in [-0.4, -0.2) is 53.6 Å². The fraction of sp³-hybridized carbons (Fsp3) is 0.409. The highest BCUT2D eigenvalue weighted by Crippen LogP contribution is 2.31. The molecule has 3 heterocycles. The molecule has 2 aromatic heterocycles. The second kappa shape index (κ2) is 8.37. The van der Waals surface area contributed by atoms with E-state index in [0.29, 0.717) is 13.1 Å². The van der Waals surface area contributed by atoms with E-state index in [4.69, 9.17) is 4.74 Å². The van der Waals surface area contributed by atoms with Gasteiger partial charge in [-0.2, -0.15) is 0 Å². The van der Waals surface area contributed by atoms with E-state index in [-0.39, 0.29) is 12.5 Å². The molecule has 0 spiro atoms. The van der Waals surface area contributed by atoms with Gasteiger partial charge in [0.05, 0.1) is 5.39 Å². The third kappa shape index (κ3) is 4.05. The molecule has 6 nitrogen and oxygen atoms in total. The number of nitrogens with zero attached hydrogens (tertiary/aromatic N) is 4. The van der Waals surface area contributed by atoms with Crippen molar-refractivity contribution in [2.24, 2.45) is 0 Å². The number of piperazine rings is 1. The fourth-order valence-corrected chi connectivity index (χ4v) is 4.67. The summed E-state index contributed by atoms with van der Waals surface area (Å²) in [6.07, 6.45) is 2.65. The van der Waals surface area contributed by atoms with Gasteiger partial charge in [0.25, 0.3) is 5.91 Å². The maximum atomic E-state index is 12.7. The van der Waals surface area contributed by atoms with Crippen molar-refractivity contribution < 1.29 is 9.53 Å². The predicted molar refractivity (Wildman–Crippen MR) is 117 cm³/mol. The molecule has 1 saturated heterocycles. The molecule has 4 rings (SSSR count). The van der Waals surface area contributed by atoms with Crippen molar-refractivity contribution in [3.8, 4) is 5.75 Å². The number of anilines is 1. The number of ether oxygens (including phenoxy) is 1. The van der Waals surface area contributed by atoms with Crippen molar-refractivity contribution in [3.63, 3.8) is 0 Å². The summed E-state index contributed by atoms with van der Waals surface area (Å²) in [6.45, 7) is 9.11. The minimum Gasteiger partial charge on any atom is -0.483 e. The number of fused-ring (bicyclic) bond motifs is 1. The van der Waals surface area contributed by atoms with Crippen LogP contribution in [0.15, 0.2) is 30.6 Å². The van der Waals surface area contributed by atoms with Gasteiger partial charge in [0.15, 0.2) is 6.61 Å². The van der Waals surface area contributed by atoms with Gasteiger partial charge in [-0.05, 0) is 37.5 Å². The Bertz CT molecular complexity index is 1000. The Morgan fingerprint density at radius 1 is 1.14 bits per heavy atom. The molecule has 152 valence electrons. The van der Waals surface area contributed by atoms with E-state index in [1.807, 2.05) is 36.9 Å². The van der Waals surface area contributed by atoms with Crippen molar-refractivity contribution >= 4 is 33.3 Å². The number of amides is 1. The van der Waals surface area contributed by atoms with Gasteiger partial charge in [-0.1, -0.05) is 25.1 Å². The molecule has 1 aliphatic heterocycles. The molecule has 3 aromatic rings. The molecular weight excluding hydrogens is 384 g/mol. The molecule has 0 saturated carbocycles. The molecule has 1 amide bonds. The van der Waals surface area contributed by atoms with E-state index >= 15 is 0 Å². The Balaban J connectivity index is 1.38. The first kappa shape index (κ1) is 19.6. The van der Waals surface area contributed by atoms with Gasteiger partial charge in [0, 0.05) is 31.1 Å². The molecule has 1 aliphatic rings. The molecule has 1 fully saturated rings. The molecule has 0 atom stereocenters. The Morgan fingerprint density at radius 3 is 2.55 bits per heavy atom. The molecule has 0 bridgehead atoms. The Hall–Kier alpha value is -2.67. The first-order valence-corrected chi connectivity index (χ1v) is 10.8. The normalized spacial score (nSPS) is 14.4. The summed E-state index contributed by atoms with van der Waals surface area (Å²) in [5.41, 5.74) is 2.11. The highest BCUT2D eigenvalue weighted by atomic mass is 32.1. The van der Waals surface area contributed by atoms with Crippen LogP contribution in [0.25, 0.3) is 10.2 Å². The van der Waals surface area contributed by atoms with Crippen LogP contribution in [0.1, 0.15) is 22.9 Å². The second-order valence-electron chi connectivity index (χ2n) is 7.36. The molecule has 0 N–H and O–H groups in total. The maximum Gasteiger partial charge on any atom is 0.260 e. The molecule has 0 unspecified atom stereocenters. The maximum absolute atomic E-state index is 12.7. The van der Waals surface area contributed by atoms with E-state index in [2.05, 4.69) is 27.9 Å². The number of aromatic nitrogens is 2. The van der Waals surface area contributed by atoms with Gasteiger partial charge in [0.2, 0.25) is 0 Å². The third-order valence-electron chi connectivity index (χ3n) is 5.39. The summed E-state index contributed by atoms with van der Waals surface area (Å²) in [4.78, 5) is 28.1. The number of aryl methyl sites for hydroxylation is 3. The SMILES string of the molecule is CCc1cc2c(N3CCN(C(=O)COc4c(C)cccc4C)CC3)ncnc2s1. The molecule has 1 aromatic carbocycles. The van der Waals surface area contributed by atoms with Gasteiger partial charge >= 0.3 is 0 Å². The van der Waals surface area contributed by atoms with Crippen molar-refractivity contribution in [1.82, 2.24) is 14.9 Å². The third-order valence-corrected chi connectivity index (χ3v) is 6.58. The van der Waals surface area contributed by atoms with Crippen molar-refractivity contribution in [1.29, 1.82) is 0 Å². The number of benzene rings is 1. The highest BCUT2D eigenvalue weighted by Gasteiger charge is 2.24. The Morgan fingerprint density at radius 2 is 1.86 bits per heavy atom. The van der Waals surface area contributed by atoms with Crippen LogP contribution in [0, 0.1) is 13.8 Å². The first-order valence-electron chi connectivity index (χ1n) is 10.0. The smallest absolute Gasteiger partial charge is 0.260 e. The van der Waals surface area contributed by atoms with E-state index in [9.17, 15) is 4.79 Å². The van der Waals surface area contributed by atoms with Crippen LogP contribution in [0.2, 0.25) is 0 Å². The quantitative estimate of drug-likeness (QED) is 0.643. The first-order chi connectivity index (χ1) is 14.1. The van der Waals surface area contributed by atoms with Crippen molar-refractivity contribution in [3.05, 3.63) is 46.6 Å². The number of hydrogen-bond donors (Lipinski definition) is 0. The highest BCUT2D eigenvalue weighted by molar-refractivity contribution is 7.18. The van der Waals surface area contributed by atoms with Gasteiger partial charge < -0.3 is 14.5 Å². The number of thiophene rings is 1. The molecule has 0 aliphatic carbocycles. The van der Waals surface area contributed by atoms with Crippen LogP contribution in [0.3, 0.4) is 0 Å². The van der Waals surface area contributed by atoms with E-state index in [1.54, 1.807) is 17.7 Å². The number of hydrogen-bond acceptors (Lipinski definition) is 6. The molecule has 7 heteroatoms. The zero-order valence-corrected chi connectivity index (χ0v) is 18.0. The molecule has 29 heavy (non-hydrogen) atoms. The standard InChI is InChI=1S/C22H26N4O2S/c1-4-17-12-18-21(23-14-24-22(18)29-17)26-10-8-25(9-11-26)19(27)13-28-20-15(2)6-5-7-16(20)3/h5-7,12,14H,4,8-11,13H2,1-3H3. The van der Waals surface area contributed by atoms with Crippen LogP contribution in [0.5, 0.6) is 5.75 Å². The van der Waals surface area contributed by atoms with Crippen molar-refractivity contribution in [2.45, 2.75) is 27.2 Å². The predicted octanol–water partition coefficient (Wildman–Crippen LogP) is 3.60. The molecular formula is C22H26N4O2S. The van der Waals surface area contributed by atoms with Crippen LogP contribution >= 0.6 is 11.3 Å². The lowest BCUT2D eigenvalue weighted by molar-refractivity contribution is -0.133. The average molecular weight is 411 g/mol. The van der Waals surface area contributed by atoms with E-state index in [0.717, 1.165) is 52.4 Å². The monoisotopic (exact) mass is 410 g/mol. The van der Waals surface area contributed by atoms with Crippen LogP contribution in [0.4, 0.5) is 5.82 Å². The van der Waals surface area contributed by atoms with Gasteiger partial charge in [-0.15, -0.1) is 11.3 Å². The average Bonchev–Trinajstić information content (AvgIpc) is 3.17. The van der Waals surface area contributed by atoms with Crippen molar-refractivity contribution in [2.75, 3.05) is 37.7 Å². The van der Waals surface area contributed by atoms with Crippen LogP contribution in [-0.2, 0) is 11.2 Å². The minimum atomic E-state index is 0.0314. The zero-order valence-electron chi connectivity index (χ0n) is 17.1. The summed E-state index contributed by atoms with van der Waals surface area (Å²) >= 11 is 1.73. The lowest BCUT2D eigenvalue weighted by Crippen LogP contribution is -2.50.